The second-order valence-corrected chi connectivity index (χ2v) is 6.98. The molecule has 1 amide bonds. The van der Waals surface area contributed by atoms with Crippen molar-refractivity contribution in [2.75, 3.05) is 13.6 Å². The number of carboxylic acid groups (broad SMARTS) is 1. The molecule has 0 aliphatic rings. The van der Waals surface area contributed by atoms with Gasteiger partial charge in [0.1, 0.15) is 6.54 Å². The molecule has 148 valence electrons. The largest absolute Gasteiger partial charge is 1.00 e. The first kappa shape index (κ1) is 28.5. The molecule has 0 spiro atoms. The van der Waals surface area contributed by atoms with Crippen LogP contribution in [0.2, 0.25) is 0 Å². The van der Waals surface area contributed by atoms with E-state index in [-0.39, 0.29) is 65.3 Å². The van der Waals surface area contributed by atoms with E-state index in [4.69, 9.17) is 5.11 Å². The minimum atomic E-state index is -0.956. The van der Waals surface area contributed by atoms with Gasteiger partial charge in [-0.1, -0.05) is 70.4 Å². The molecule has 0 aromatic carbocycles. The van der Waals surface area contributed by atoms with Crippen LogP contribution in [0.15, 0.2) is 12.2 Å². The van der Waals surface area contributed by atoms with Gasteiger partial charge in [0.15, 0.2) is 0 Å². The molecule has 0 aliphatic heterocycles. The van der Waals surface area contributed by atoms with Crippen LogP contribution in [-0.2, 0) is 9.59 Å². The Balaban J connectivity index is -0.00000288. The summed E-state index contributed by atoms with van der Waals surface area (Å²) in [5.74, 6) is -1.02. The quantitative estimate of drug-likeness (QED) is 0.235. The Morgan fingerprint density at radius 1 is 0.846 bits per heavy atom. The van der Waals surface area contributed by atoms with Crippen molar-refractivity contribution in [1.82, 2.24) is 4.90 Å². The number of hydrogen-bond donors (Lipinski definition) is 1. The summed E-state index contributed by atoms with van der Waals surface area (Å²) in [7, 11) is 1.55. The van der Waals surface area contributed by atoms with Crippen molar-refractivity contribution in [3.63, 3.8) is 0 Å². The first-order chi connectivity index (χ1) is 12.1. The number of carboxylic acids is 1. The molecule has 0 fully saturated rings. The van der Waals surface area contributed by atoms with E-state index in [1.165, 1.54) is 75.5 Å². The van der Waals surface area contributed by atoms with Gasteiger partial charge in [-0.2, -0.15) is 0 Å². The first-order valence-electron chi connectivity index (χ1n) is 10.2. The van der Waals surface area contributed by atoms with Gasteiger partial charge in [0.25, 0.3) is 0 Å². The monoisotopic (exact) mass is 393 g/mol. The summed E-state index contributed by atoms with van der Waals surface area (Å²) in [5, 5.41) is 8.64. The minimum Gasteiger partial charge on any atom is -1.00 e. The van der Waals surface area contributed by atoms with E-state index in [1.54, 1.807) is 7.05 Å². The second kappa shape index (κ2) is 21.6. The van der Waals surface area contributed by atoms with Crippen molar-refractivity contribution in [3.05, 3.63) is 12.2 Å². The zero-order valence-electron chi connectivity index (χ0n) is 18.5. The van der Waals surface area contributed by atoms with Gasteiger partial charge in [0.2, 0.25) is 5.91 Å². The fourth-order valence-corrected chi connectivity index (χ4v) is 2.83. The molecule has 0 heterocycles. The Hall–Kier alpha value is 0.316. The molecule has 0 aromatic rings. The minimum absolute atomic E-state index is 0. The smallest absolute Gasteiger partial charge is 1.00 e. The molecule has 0 atom stereocenters. The maximum absolute atomic E-state index is 11.7. The molecule has 0 saturated heterocycles. The Morgan fingerprint density at radius 3 is 1.81 bits per heavy atom. The molecule has 0 rings (SSSR count). The molecule has 0 aromatic heterocycles. The number of hydrogen-bond acceptors (Lipinski definition) is 2. The summed E-state index contributed by atoms with van der Waals surface area (Å²) in [6.45, 7) is 2.04. The molecule has 0 bridgehead atoms. The number of carbonyl (C=O) groups is 2. The van der Waals surface area contributed by atoms with Gasteiger partial charge in [0, 0.05) is 13.5 Å². The van der Waals surface area contributed by atoms with Crippen LogP contribution in [0.3, 0.4) is 0 Å². The van der Waals surface area contributed by atoms with Gasteiger partial charge in [-0.3, -0.25) is 9.59 Å². The zero-order chi connectivity index (χ0) is 18.8. The molecule has 0 aliphatic carbocycles. The van der Waals surface area contributed by atoms with Crippen LogP contribution in [0.25, 0.3) is 0 Å². The van der Waals surface area contributed by atoms with E-state index in [1.807, 2.05) is 0 Å². The SMILES string of the molecule is CCCCCCC=CCCCCCCCCCC(=O)N(C)CC(=O)O.[H-].[K+]. The van der Waals surface area contributed by atoms with E-state index in [2.05, 4.69) is 19.1 Å². The number of likely N-dealkylation sites (N-methyl/N-ethyl adjacent to an activating group) is 1. The molecule has 0 radical (unpaired) electrons. The van der Waals surface area contributed by atoms with Crippen LogP contribution in [0.4, 0.5) is 0 Å². The summed E-state index contributed by atoms with van der Waals surface area (Å²) in [6.07, 6.45) is 21.1. The van der Waals surface area contributed by atoms with Gasteiger partial charge < -0.3 is 11.4 Å². The van der Waals surface area contributed by atoms with Crippen molar-refractivity contribution in [1.29, 1.82) is 0 Å². The van der Waals surface area contributed by atoms with Crippen LogP contribution in [0.1, 0.15) is 98.2 Å². The number of allylic oxidation sites excluding steroid dienone is 2. The Bertz CT molecular complexity index is 378. The van der Waals surface area contributed by atoms with E-state index >= 15 is 0 Å². The van der Waals surface area contributed by atoms with Gasteiger partial charge in [-0.05, 0) is 32.1 Å². The van der Waals surface area contributed by atoms with Crippen molar-refractivity contribution in [2.45, 2.75) is 96.8 Å². The van der Waals surface area contributed by atoms with Gasteiger partial charge in [-0.25, -0.2) is 0 Å². The number of unbranched alkanes of at least 4 members (excludes halogenated alkanes) is 11. The predicted octanol–water partition coefficient (Wildman–Crippen LogP) is 2.68. The fourth-order valence-electron chi connectivity index (χ4n) is 2.83. The van der Waals surface area contributed by atoms with Gasteiger partial charge in [0.05, 0.1) is 0 Å². The van der Waals surface area contributed by atoms with E-state index in [0.29, 0.717) is 6.42 Å². The van der Waals surface area contributed by atoms with Gasteiger partial charge in [-0.15, -0.1) is 0 Å². The number of rotatable bonds is 17. The Labute approximate surface area is 205 Å². The summed E-state index contributed by atoms with van der Waals surface area (Å²) < 4.78 is 0. The average molecular weight is 394 g/mol. The molecule has 4 nitrogen and oxygen atoms in total. The zero-order valence-corrected chi connectivity index (χ0v) is 20.6. The van der Waals surface area contributed by atoms with E-state index in [9.17, 15) is 9.59 Å². The molecule has 1 N–H and O–H groups in total. The van der Waals surface area contributed by atoms with Crippen LogP contribution < -0.4 is 51.4 Å². The number of amides is 1. The number of aliphatic carboxylic acids is 1. The van der Waals surface area contributed by atoms with Crippen LogP contribution in [0, 0.1) is 0 Å². The third-order valence-electron chi connectivity index (χ3n) is 4.45. The molecular weight excluding hydrogens is 353 g/mol. The van der Waals surface area contributed by atoms with Crippen molar-refractivity contribution >= 4 is 11.9 Å². The third kappa shape index (κ3) is 20.6. The van der Waals surface area contributed by atoms with Gasteiger partial charge >= 0.3 is 57.4 Å². The topological polar surface area (TPSA) is 57.6 Å². The standard InChI is InChI=1S/C21H39NO3.K.H/c1-3-4-5-6-7-8-9-10-11-12-13-14-15-16-17-18-20(23)22(2)19-21(24)25;;/h8-9H,3-7,10-19H2,1-2H3,(H,24,25);;/q;+1;-1. The Morgan fingerprint density at radius 2 is 1.31 bits per heavy atom. The molecule has 0 unspecified atom stereocenters. The third-order valence-corrected chi connectivity index (χ3v) is 4.45. The first-order valence-corrected chi connectivity index (χ1v) is 10.2. The van der Waals surface area contributed by atoms with Crippen LogP contribution in [-0.4, -0.2) is 35.5 Å². The summed E-state index contributed by atoms with van der Waals surface area (Å²) in [6, 6.07) is 0. The van der Waals surface area contributed by atoms with E-state index in [0.717, 1.165) is 12.8 Å². The van der Waals surface area contributed by atoms with Crippen molar-refractivity contribution in [3.8, 4) is 0 Å². The predicted molar refractivity (Wildman–Crippen MR) is 106 cm³/mol. The molecular formula is C21H40KNO3. The molecule has 26 heavy (non-hydrogen) atoms. The maximum atomic E-state index is 11.7. The fraction of sp³-hybridized carbons (Fsp3) is 0.810. The summed E-state index contributed by atoms with van der Waals surface area (Å²) in [5.41, 5.74) is 0. The molecule has 5 heteroatoms. The van der Waals surface area contributed by atoms with Crippen molar-refractivity contribution < 1.29 is 67.5 Å². The Kier molecular flexibility index (Phi) is 23.7. The average Bonchev–Trinajstić information content (AvgIpc) is 2.57. The summed E-state index contributed by atoms with van der Waals surface area (Å²) in [4.78, 5) is 23.5. The summed E-state index contributed by atoms with van der Waals surface area (Å²) >= 11 is 0. The maximum Gasteiger partial charge on any atom is 1.00 e. The number of carbonyl (C=O) groups excluding carboxylic acids is 1. The van der Waals surface area contributed by atoms with E-state index < -0.39 is 5.97 Å². The van der Waals surface area contributed by atoms with Crippen LogP contribution in [0.5, 0.6) is 0 Å². The normalized spacial score (nSPS) is 10.7. The second-order valence-electron chi connectivity index (χ2n) is 6.98. The van der Waals surface area contributed by atoms with Crippen LogP contribution >= 0.6 is 0 Å². The number of nitrogens with zero attached hydrogens (tertiary/aromatic N) is 1. The van der Waals surface area contributed by atoms with Crippen molar-refractivity contribution in [2.24, 2.45) is 0 Å². The molecule has 0 saturated carbocycles.